The first-order chi connectivity index (χ1) is 8.62. The maximum absolute atomic E-state index is 5.32. The molecule has 0 fully saturated rings. The zero-order valence-electron chi connectivity index (χ0n) is 11.2. The number of nitrogen functional groups attached to an aromatic ring is 1. The zero-order chi connectivity index (χ0) is 13.5. The van der Waals surface area contributed by atoms with Gasteiger partial charge in [-0.1, -0.05) is 0 Å². The van der Waals surface area contributed by atoms with E-state index in [2.05, 4.69) is 20.4 Å². The van der Waals surface area contributed by atoms with Crippen molar-refractivity contribution in [3.63, 3.8) is 0 Å². The molecule has 8 nitrogen and oxygen atoms in total. The average Bonchev–Trinajstić information content (AvgIpc) is 2.38. The largest absolute Gasteiger partial charge is 0.467 e. The van der Waals surface area contributed by atoms with Crippen LogP contribution in [0.25, 0.3) is 0 Å². The monoisotopic (exact) mass is 256 g/mol. The summed E-state index contributed by atoms with van der Waals surface area (Å²) in [4.78, 5) is 14.3. The SMILES string of the molecule is COCCN(c1nc(NN)nc(OC)n1)C(C)C. The molecule has 18 heavy (non-hydrogen) atoms. The van der Waals surface area contributed by atoms with E-state index in [1.54, 1.807) is 7.11 Å². The van der Waals surface area contributed by atoms with Gasteiger partial charge in [-0.15, -0.1) is 0 Å². The number of hydrazine groups is 1. The second-order valence-corrected chi connectivity index (χ2v) is 3.87. The molecule has 0 saturated heterocycles. The number of hydrogen-bond acceptors (Lipinski definition) is 8. The fourth-order valence-electron chi connectivity index (χ4n) is 1.41. The summed E-state index contributed by atoms with van der Waals surface area (Å²) in [5.41, 5.74) is 2.39. The van der Waals surface area contributed by atoms with Crippen molar-refractivity contribution in [2.24, 2.45) is 5.84 Å². The van der Waals surface area contributed by atoms with Gasteiger partial charge in [0.05, 0.1) is 13.7 Å². The van der Waals surface area contributed by atoms with E-state index in [-0.39, 0.29) is 18.0 Å². The molecule has 1 aromatic heterocycles. The van der Waals surface area contributed by atoms with Gasteiger partial charge in [0, 0.05) is 19.7 Å². The predicted octanol–water partition coefficient (Wildman–Crippen LogP) is 0.0270. The third-order valence-electron chi connectivity index (χ3n) is 2.33. The Morgan fingerprint density at radius 3 is 2.50 bits per heavy atom. The molecule has 0 unspecified atom stereocenters. The van der Waals surface area contributed by atoms with E-state index in [0.717, 1.165) is 0 Å². The van der Waals surface area contributed by atoms with Crippen LogP contribution in [-0.4, -0.2) is 48.4 Å². The van der Waals surface area contributed by atoms with Crippen LogP contribution in [-0.2, 0) is 4.74 Å². The van der Waals surface area contributed by atoms with Crippen molar-refractivity contribution in [3.8, 4) is 6.01 Å². The van der Waals surface area contributed by atoms with Gasteiger partial charge in [0.1, 0.15) is 0 Å². The van der Waals surface area contributed by atoms with Gasteiger partial charge in [-0.3, -0.25) is 5.43 Å². The summed E-state index contributed by atoms with van der Waals surface area (Å²) in [6, 6.07) is 0.439. The van der Waals surface area contributed by atoms with E-state index < -0.39 is 0 Å². The smallest absolute Gasteiger partial charge is 0.322 e. The van der Waals surface area contributed by atoms with E-state index >= 15 is 0 Å². The standard InChI is InChI=1S/C10H20N6O2/c1-7(2)16(5-6-17-3)9-12-8(15-11)13-10(14-9)18-4/h7H,5-6,11H2,1-4H3,(H,12,13,14,15). The number of methoxy groups -OCH3 is 2. The van der Waals surface area contributed by atoms with Gasteiger partial charge >= 0.3 is 6.01 Å². The second-order valence-electron chi connectivity index (χ2n) is 3.87. The molecule has 0 amide bonds. The molecule has 0 aliphatic rings. The number of hydrogen-bond donors (Lipinski definition) is 2. The number of nitrogens with two attached hydrogens (primary N) is 1. The van der Waals surface area contributed by atoms with Crippen molar-refractivity contribution >= 4 is 11.9 Å². The van der Waals surface area contributed by atoms with Crippen LogP contribution in [0.15, 0.2) is 0 Å². The number of rotatable bonds is 7. The third kappa shape index (κ3) is 3.67. The Kier molecular flexibility index (Phi) is 5.53. The maximum atomic E-state index is 5.32. The van der Waals surface area contributed by atoms with Crippen LogP contribution in [0.4, 0.5) is 11.9 Å². The summed E-state index contributed by atoms with van der Waals surface area (Å²) in [6.45, 7) is 5.34. The van der Waals surface area contributed by atoms with Gasteiger partial charge in [0.2, 0.25) is 11.9 Å². The van der Waals surface area contributed by atoms with Crippen molar-refractivity contribution in [1.82, 2.24) is 15.0 Å². The molecule has 0 aliphatic heterocycles. The Morgan fingerprint density at radius 1 is 1.28 bits per heavy atom. The van der Waals surface area contributed by atoms with Crippen molar-refractivity contribution < 1.29 is 9.47 Å². The van der Waals surface area contributed by atoms with Gasteiger partial charge in [-0.25, -0.2) is 5.84 Å². The summed E-state index contributed by atoms with van der Waals surface area (Å²) in [5.74, 6) is 6.08. The lowest BCUT2D eigenvalue weighted by Crippen LogP contribution is -2.35. The quantitative estimate of drug-likeness (QED) is 0.520. The summed E-state index contributed by atoms with van der Waals surface area (Å²) in [6.07, 6.45) is 0. The Morgan fingerprint density at radius 2 is 2.00 bits per heavy atom. The summed E-state index contributed by atoms with van der Waals surface area (Å²) in [7, 11) is 3.15. The lowest BCUT2D eigenvalue weighted by Gasteiger charge is -2.26. The highest BCUT2D eigenvalue weighted by Crippen LogP contribution is 2.16. The molecule has 102 valence electrons. The van der Waals surface area contributed by atoms with Crippen LogP contribution in [0, 0.1) is 0 Å². The van der Waals surface area contributed by atoms with Crippen LogP contribution in [0.5, 0.6) is 6.01 Å². The van der Waals surface area contributed by atoms with Crippen molar-refractivity contribution in [2.45, 2.75) is 19.9 Å². The fourth-order valence-corrected chi connectivity index (χ4v) is 1.41. The molecule has 1 aromatic rings. The Labute approximate surface area is 106 Å². The summed E-state index contributed by atoms with van der Waals surface area (Å²) < 4.78 is 10.1. The molecule has 3 N–H and O–H groups in total. The molecule has 0 bridgehead atoms. The van der Waals surface area contributed by atoms with Gasteiger partial charge in [-0.05, 0) is 13.8 Å². The number of ether oxygens (including phenoxy) is 2. The molecule has 0 spiro atoms. The van der Waals surface area contributed by atoms with E-state index in [1.807, 2.05) is 18.7 Å². The Hall–Kier alpha value is -1.67. The van der Waals surface area contributed by atoms with E-state index in [0.29, 0.717) is 19.1 Å². The Balaban J connectivity index is 3.02. The minimum absolute atomic E-state index is 0.219. The summed E-state index contributed by atoms with van der Waals surface area (Å²) in [5, 5.41) is 0. The molecule has 0 aromatic carbocycles. The maximum Gasteiger partial charge on any atom is 0.322 e. The fraction of sp³-hybridized carbons (Fsp3) is 0.700. The van der Waals surface area contributed by atoms with Gasteiger partial charge < -0.3 is 14.4 Å². The molecule has 1 heterocycles. The minimum Gasteiger partial charge on any atom is -0.467 e. The van der Waals surface area contributed by atoms with Crippen molar-refractivity contribution in [1.29, 1.82) is 0 Å². The summed E-state index contributed by atoms with van der Waals surface area (Å²) >= 11 is 0. The van der Waals surface area contributed by atoms with Gasteiger partial charge in [0.15, 0.2) is 0 Å². The number of nitrogens with zero attached hydrogens (tertiary/aromatic N) is 4. The first kappa shape index (κ1) is 14.4. The van der Waals surface area contributed by atoms with Crippen molar-refractivity contribution in [2.75, 3.05) is 37.7 Å². The van der Waals surface area contributed by atoms with Crippen LogP contribution >= 0.6 is 0 Å². The molecular weight excluding hydrogens is 236 g/mol. The number of nitrogens with one attached hydrogen (secondary N) is 1. The van der Waals surface area contributed by atoms with Crippen LogP contribution in [0.1, 0.15) is 13.8 Å². The molecule has 0 saturated carbocycles. The molecular formula is C10H20N6O2. The number of anilines is 2. The van der Waals surface area contributed by atoms with E-state index in [1.165, 1.54) is 7.11 Å². The highest BCUT2D eigenvalue weighted by atomic mass is 16.5. The van der Waals surface area contributed by atoms with Gasteiger partial charge in [-0.2, -0.15) is 15.0 Å². The lowest BCUT2D eigenvalue weighted by molar-refractivity contribution is 0.203. The van der Waals surface area contributed by atoms with Crippen LogP contribution < -0.4 is 20.9 Å². The number of aromatic nitrogens is 3. The highest BCUT2D eigenvalue weighted by Gasteiger charge is 2.16. The minimum atomic E-state index is 0.219. The first-order valence-corrected chi connectivity index (χ1v) is 5.64. The third-order valence-corrected chi connectivity index (χ3v) is 2.33. The molecule has 1 rings (SSSR count). The van der Waals surface area contributed by atoms with E-state index in [9.17, 15) is 0 Å². The van der Waals surface area contributed by atoms with Crippen LogP contribution in [0.3, 0.4) is 0 Å². The normalized spacial score (nSPS) is 10.6. The second kappa shape index (κ2) is 6.92. The predicted molar refractivity (Wildman–Crippen MR) is 68.5 cm³/mol. The molecule has 0 radical (unpaired) electrons. The first-order valence-electron chi connectivity index (χ1n) is 5.64. The van der Waals surface area contributed by atoms with E-state index in [4.69, 9.17) is 15.3 Å². The zero-order valence-corrected chi connectivity index (χ0v) is 11.2. The highest BCUT2D eigenvalue weighted by molar-refractivity contribution is 5.38. The molecule has 0 aliphatic carbocycles. The topological polar surface area (TPSA) is 98.4 Å². The molecule has 8 heteroatoms. The van der Waals surface area contributed by atoms with Gasteiger partial charge in [0.25, 0.3) is 0 Å². The van der Waals surface area contributed by atoms with Crippen molar-refractivity contribution in [3.05, 3.63) is 0 Å². The average molecular weight is 256 g/mol. The van der Waals surface area contributed by atoms with Crippen LogP contribution in [0.2, 0.25) is 0 Å². The molecule has 0 atom stereocenters. The lowest BCUT2D eigenvalue weighted by atomic mass is 10.3. The Bertz CT molecular complexity index is 351.